The third-order valence-corrected chi connectivity index (χ3v) is 2.24. The second-order valence-corrected chi connectivity index (χ2v) is 3.85. The van der Waals surface area contributed by atoms with E-state index >= 15 is 0 Å². The fraction of sp³-hybridized carbons (Fsp3) is 1.00. The molecule has 0 aromatic heterocycles. The third-order valence-electron chi connectivity index (χ3n) is 2.24. The molecule has 0 radical (unpaired) electrons. The Bertz CT molecular complexity index is 108. The van der Waals surface area contributed by atoms with Crippen LogP contribution < -0.4 is 0 Å². The summed E-state index contributed by atoms with van der Waals surface area (Å²) in [6.45, 7) is 6.49. The van der Waals surface area contributed by atoms with Gasteiger partial charge in [-0.3, -0.25) is 4.90 Å². The largest absolute Gasteiger partial charge is 0.378 e. The molecule has 1 heterocycles. The highest BCUT2D eigenvalue weighted by Crippen LogP contribution is 2.15. The summed E-state index contributed by atoms with van der Waals surface area (Å²) >= 11 is 0. The molecule has 2 nitrogen and oxygen atoms in total. The van der Waals surface area contributed by atoms with Crippen molar-refractivity contribution in [2.24, 2.45) is 5.92 Å². The summed E-state index contributed by atoms with van der Waals surface area (Å²) < 4.78 is 0. The van der Waals surface area contributed by atoms with Crippen molar-refractivity contribution in [2.45, 2.75) is 39.3 Å². The van der Waals surface area contributed by atoms with Crippen LogP contribution in [0.2, 0.25) is 0 Å². The van der Waals surface area contributed by atoms with E-state index in [1.165, 1.54) is 12.8 Å². The zero-order valence-corrected chi connectivity index (χ0v) is 7.58. The molecule has 1 fully saturated rings. The first-order chi connectivity index (χ1) is 5.20. The smallest absolute Gasteiger partial charge is 0.107 e. The summed E-state index contributed by atoms with van der Waals surface area (Å²) in [5, 5.41) is 9.65. The maximum absolute atomic E-state index is 9.65. The molecule has 1 N–H and O–H groups in total. The van der Waals surface area contributed by atoms with Crippen molar-refractivity contribution in [1.82, 2.24) is 4.90 Å². The van der Waals surface area contributed by atoms with Crippen LogP contribution in [-0.4, -0.2) is 29.3 Å². The standard InChI is InChI=1S/C9H19NO/c1-8(2)7-9(11)10-5-3-4-6-10/h8-9,11H,3-7H2,1-2H3/t9-/m1/s1. The topological polar surface area (TPSA) is 23.5 Å². The Morgan fingerprint density at radius 3 is 2.27 bits per heavy atom. The fourth-order valence-corrected chi connectivity index (χ4v) is 1.61. The van der Waals surface area contributed by atoms with Crippen molar-refractivity contribution >= 4 is 0 Å². The molecule has 1 aliphatic heterocycles. The normalized spacial score (nSPS) is 22.9. The van der Waals surface area contributed by atoms with Gasteiger partial charge in [0.15, 0.2) is 0 Å². The molecule has 1 atom stereocenters. The molecule has 0 aliphatic carbocycles. The number of aliphatic hydroxyl groups excluding tert-OH is 1. The summed E-state index contributed by atoms with van der Waals surface area (Å²) in [6, 6.07) is 0. The van der Waals surface area contributed by atoms with Gasteiger partial charge in [-0.1, -0.05) is 13.8 Å². The van der Waals surface area contributed by atoms with E-state index in [0.717, 1.165) is 19.5 Å². The van der Waals surface area contributed by atoms with E-state index < -0.39 is 0 Å². The molecule has 1 saturated heterocycles. The van der Waals surface area contributed by atoms with Gasteiger partial charge in [-0.15, -0.1) is 0 Å². The van der Waals surface area contributed by atoms with Crippen LogP contribution in [0.1, 0.15) is 33.1 Å². The van der Waals surface area contributed by atoms with E-state index in [1.807, 2.05) is 0 Å². The number of rotatable bonds is 3. The Labute approximate surface area is 69.2 Å². The lowest BCUT2D eigenvalue weighted by Gasteiger charge is -2.23. The average molecular weight is 157 g/mol. The highest BCUT2D eigenvalue weighted by Gasteiger charge is 2.19. The molecule has 11 heavy (non-hydrogen) atoms. The van der Waals surface area contributed by atoms with E-state index in [-0.39, 0.29) is 6.23 Å². The monoisotopic (exact) mass is 157 g/mol. The SMILES string of the molecule is CC(C)C[C@@H](O)N1CCCC1. The first-order valence-corrected chi connectivity index (χ1v) is 4.62. The molecular weight excluding hydrogens is 138 g/mol. The maximum atomic E-state index is 9.65. The minimum Gasteiger partial charge on any atom is -0.378 e. The van der Waals surface area contributed by atoms with Gasteiger partial charge in [-0.25, -0.2) is 0 Å². The second kappa shape index (κ2) is 4.07. The van der Waals surface area contributed by atoms with Crippen LogP contribution in [0, 0.1) is 5.92 Å². The quantitative estimate of drug-likeness (QED) is 0.670. The molecule has 0 amide bonds. The molecule has 1 rings (SSSR count). The van der Waals surface area contributed by atoms with Crippen LogP contribution >= 0.6 is 0 Å². The van der Waals surface area contributed by atoms with Crippen LogP contribution in [0.25, 0.3) is 0 Å². The lowest BCUT2D eigenvalue weighted by Crippen LogP contribution is -2.33. The van der Waals surface area contributed by atoms with Gasteiger partial charge in [0.2, 0.25) is 0 Å². The van der Waals surface area contributed by atoms with Crippen molar-refractivity contribution in [3.63, 3.8) is 0 Å². The summed E-state index contributed by atoms with van der Waals surface area (Å²) in [4.78, 5) is 2.18. The summed E-state index contributed by atoms with van der Waals surface area (Å²) in [6.07, 6.45) is 3.25. The molecule has 0 bridgehead atoms. The van der Waals surface area contributed by atoms with Crippen LogP contribution in [-0.2, 0) is 0 Å². The molecule has 2 heteroatoms. The van der Waals surface area contributed by atoms with E-state index in [1.54, 1.807) is 0 Å². The van der Waals surface area contributed by atoms with Crippen molar-refractivity contribution < 1.29 is 5.11 Å². The lowest BCUT2D eigenvalue weighted by molar-refractivity contribution is 0.00492. The maximum Gasteiger partial charge on any atom is 0.107 e. The molecule has 0 aromatic rings. The van der Waals surface area contributed by atoms with E-state index in [0.29, 0.717) is 5.92 Å². The van der Waals surface area contributed by atoms with Gasteiger partial charge in [0.05, 0.1) is 0 Å². The molecule has 66 valence electrons. The third kappa shape index (κ3) is 2.80. The van der Waals surface area contributed by atoms with Crippen LogP contribution in [0.3, 0.4) is 0 Å². The number of hydrogen-bond acceptors (Lipinski definition) is 2. The van der Waals surface area contributed by atoms with Gasteiger partial charge < -0.3 is 5.11 Å². The van der Waals surface area contributed by atoms with Crippen LogP contribution in [0.5, 0.6) is 0 Å². The minimum absolute atomic E-state index is 0.183. The van der Waals surface area contributed by atoms with Gasteiger partial charge in [0.1, 0.15) is 6.23 Å². The minimum atomic E-state index is -0.183. The Morgan fingerprint density at radius 1 is 1.27 bits per heavy atom. The van der Waals surface area contributed by atoms with E-state index in [9.17, 15) is 5.11 Å². The van der Waals surface area contributed by atoms with Crippen LogP contribution in [0.15, 0.2) is 0 Å². The zero-order chi connectivity index (χ0) is 8.27. The molecule has 1 aliphatic rings. The van der Waals surface area contributed by atoms with E-state index in [4.69, 9.17) is 0 Å². The number of likely N-dealkylation sites (tertiary alicyclic amines) is 1. The predicted molar refractivity (Wildman–Crippen MR) is 46.3 cm³/mol. The van der Waals surface area contributed by atoms with Crippen molar-refractivity contribution in [2.75, 3.05) is 13.1 Å². The first kappa shape index (κ1) is 9.01. The lowest BCUT2D eigenvalue weighted by atomic mass is 10.1. The predicted octanol–water partition coefficient (Wildman–Crippen LogP) is 1.45. The van der Waals surface area contributed by atoms with Crippen molar-refractivity contribution in [3.8, 4) is 0 Å². The van der Waals surface area contributed by atoms with Gasteiger partial charge in [-0.2, -0.15) is 0 Å². The van der Waals surface area contributed by atoms with Crippen molar-refractivity contribution in [3.05, 3.63) is 0 Å². The Balaban J connectivity index is 2.22. The van der Waals surface area contributed by atoms with Gasteiger partial charge >= 0.3 is 0 Å². The zero-order valence-electron chi connectivity index (χ0n) is 7.58. The average Bonchev–Trinajstić information content (AvgIpc) is 2.35. The molecular formula is C9H19NO. The highest BCUT2D eigenvalue weighted by molar-refractivity contribution is 4.69. The number of nitrogens with zero attached hydrogens (tertiary/aromatic N) is 1. The molecule has 0 aromatic carbocycles. The second-order valence-electron chi connectivity index (χ2n) is 3.85. The number of hydrogen-bond donors (Lipinski definition) is 1. The molecule has 0 saturated carbocycles. The fourth-order valence-electron chi connectivity index (χ4n) is 1.61. The highest BCUT2D eigenvalue weighted by atomic mass is 16.3. The molecule has 0 unspecified atom stereocenters. The number of aliphatic hydroxyl groups is 1. The van der Waals surface area contributed by atoms with Crippen molar-refractivity contribution in [1.29, 1.82) is 0 Å². The summed E-state index contributed by atoms with van der Waals surface area (Å²) in [7, 11) is 0. The van der Waals surface area contributed by atoms with Gasteiger partial charge in [-0.05, 0) is 25.2 Å². The van der Waals surface area contributed by atoms with E-state index in [2.05, 4.69) is 18.7 Å². The summed E-state index contributed by atoms with van der Waals surface area (Å²) in [5.74, 6) is 0.602. The Hall–Kier alpha value is -0.0800. The van der Waals surface area contributed by atoms with Gasteiger partial charge in [0.25, 0.3) is 0 Å². The molecule has 0 spiro atoms. The summed E-state index contributed by atoms with van der Waals surface area (Å²) in [5.41, 5.74) is 0. The Morgan fingerprint density at radius 2 is 1.82 bits per heavy atom. The first-order valence-electron chi connectivity index (χ1n) is 4.62. The van der Waals surface area contributed by atoms with Crippen LogP contribution in [0.4, 0.5) is 0 Å². The Kier molecular flexibility index (Phi) is 3.34. The van der Waals surface area contributed by atoms with Gasteiger partial charge in [0, 0.05) is 13.1 Å².